The molecular weight excluding hydrogens is 220 g/mol. The van der Waals surface area contributed by atoms with Crippen LogP contribution in [0.2, 0.25) is 0 Å². The van der Waals surface area contributed by atoms with Crippen LogP contribution < -0.4 is 5.32 Å². The molecule has 1 aliphatic carbocycles. The van der Waals surface area contributed by atoms with Crippen molar-refractivity contribution in [2.45, 2.75) is 31.8 Å². The van der Waals surface area contributed by atoms with Crippen LogP contribution in [0.15, 0.2) is 28.2 Å². The maximum absolute atomic E-state index is 5.45. The second-order valence-corrected chi connectivity index (χ2v) is 5.08. The SMILES string of the molecule is c1csc(-c2nc(CNC3CCC3)co2)c1. The quantitative estimate of drug-likeness (QED) is 0.883. The van der Waals surface area contributed by atoms with Crippen LogP contribution in [0.3, 0.4) is 0 Å². The number of nitrogens with one attached hydrogen (secondary N) is 1. The van der Waals surface area contributed by atoms with Gasteiger partial charge < -0.3 is 9.73 Å². The maximum atomic E-state index is 5.45. The molecular formula is C12H14N2OS. The topological polar surface area (TPSA) is 38.1 Å². The second-order valence-electron chi connectivity index (χ2n) is 4.13. The molecule has 2 aromatic heterocycles. The summed E-state index contributed by atoms with van der Waals surface area (Å²) in [4.78, 5) is 5.56. The highest BCUT2D eigenvalue weighted by atomic mass is 32.1. The zero-order chi connectivity index (χ0) is 10.8. The Morgan fingerprint density at radius 3 is 3.12 bits per heavy atom. The highest BCUT2D eigenvalue weighted by Crippen LogP contribution is 2.24. The van der Waals surface area contributed by atoms with Crippen molar-refractivity contribution in [2.24, 2.45) is 0 Å². The second kappa shape index (κ2) is 4.39. The molecule has 2 aromatic rings. The zero-order valence-corrected chi connectivity index (χ0v) is 9.80. The van der Waals surface area contributed by atoms with Gasteiger partial charge in [-0.1, -0.05) is 12.5 Å². The van der Waals surface area contributed by atoms with Crippen LogP contribution in [-0.4, -0.2) is 11.0 Å². The van der Waals surface area contributed by atoms with E-state index in [1.54, 1.807) is 17.6 Å². The summed E-state index contributed by atoms with van der Waals surface area (Å²) in [6.45, 7) is 0.819. The molecule has 1 aliphatic rings. The molecule has 0 aromatic carbocycles. The van der Waals surface area contributed by atoms with E-state index in [4.69, 9.17) is 4.42 Å². The first-order valence-corrected chi connectivity index (χ1v) is 6.51. The molecule has 0 spiro atoms. The maximum Gasteiger partial charge on any atom is 0.236 e. The summed E-state index contributed by atoms with van der Waals surface area (Å²) >= 11 is 1.65. The molecule has 1 saturated carbocycles. The third-order valence-electron chi connectivity index (χ3n) is 2.96. The molecule has 1 fully saturated rings. The van der Waals surface area contributed by atoms with Gasteiger partial charge in [-0.15, -0.1) is 11.3 Å². The minimum Gasteiger partial charge on any atom is -0.444 e. The molecule has 3 nitrogen and oxygen atoms in total. The fourth-order valence-electron chi connectivity index (χ4n) is 1.76. The summed E-state index contributed by atoms with van der Waals surface area (Å²) in [5.74, 6) is 0.736. The lowest BCUT2D eigenvalue weighted by Gasteiger charge is -2.25. The molecule has 3 rings (SSSR count). The van der Waals surface area contributed by atoms with Crippen molar-refractivity contribution in [1.82, 2.24) is 10.3 Å². The van der Waals surface area contributed by atoms with E-state index in [2.05, 4.69) is 10.3 Å². The Morgan fingerprint density at radius 1 is 1.50 bits per heavy atom. The molecule has 84 valence electrons. The van der Waals surface area contributed by atoms with Crippen molar-refractivity contribution in [3.05, 3.63) is 29.5 Å². The molecule has 0 unspecified atom stereocenters. The third kappa shape index (κ3) is 2.03. The molecule has 16 heavy (non-hydrogen) atoms. The van der Waals surface area contributed by atoms with Gasteiger partial charge in [-0.25, -0.2) is 4.98 Å². The Balaban J connectivity index is 1.63. The number of aromatic nitrogens is 1. The van der Waals surface area contributed by atoms with E-state index in [1.165, 1.54) is 19.3 Å². The van der Waals surface area contributed by atoms with E-state index >= 15 is 0 Å². The number of rotatable bonds is 4. The number of oxazole rings is 1. The van der Waals surface area contributed by atoms with Crippen LogP contribution in [0.4, 0.5) is 0 Å². The first-order valence-electron chi connectivity index (χ1n) is 5.63. The minimum absolute atomic E-state index is 0.696. The fraction of sp³-hybridized carbons (Fsp3) is 0.417. The van der Waals surface area contributed by atoms with E-state index < -0.39 is 0 Å². The van der Waals surface area contributed by atoms with Crippen LogP contribution in [0, 0.1) is 0 Å². The summed E-state index contributed by atoms with van der Waals surface area (Å²) in [7, 11) is 0. The molecule has 4 heteroatoms. The van der Waals surface area contributed by atoms with Crippen LogP contribution in [0.25, 0.3) is 10.8 Å². The smallest absolute Gasteiger partial charge is 0.236 e. The average molecular weight is 234 g/mol. The number of hydrogen-bond donors (Lipinski definition) is 1. The Morgan fingerprint density at radius 2 is 2.44 bits per heavy atom. The van der Waals surface area contributed by atoms with E-state index in [0.29, 0.717) is 6.04 Å². The molecule has 0 atom stereocenters. The Labute approximate surface area is 98.5 Å². The van der Waals surface area contributed by atoms with Crippen molar-refractivity contribution < 1.29 is 4.42 Å². The summed E-state index contributed by atoms with van der Waals surface area (Å²) in [5, 5.41) is 5.51. The van der Waals surface area contributed by atoms with E-state index in [0.717, 1.165) is 23.0 Å². The van der Waals surface area contributed by atoms with Gasteiger partial charge in [0, 0.05) is 12.6 Å². The standard InChI is InChI=1S/C12H14N2OS/c1-3-9(4-1)13-7-10-8-15-12(14-10)11-5-2-6-16-11/h2,5-6,8-9,13H,1,3-4,7H2. The third-order valence-corrected chi connectivity index (χ3v) is 3.82. The summed E-state index contributed by atoms with van der Waals surface area (Å²) < 4.78 is 5.45. The van der Waals surface area contributed by atoms with Crippen molar-refractivity contribution in [1.29, 1.82) is 0 Å². The van der Waals surface area contributed by atoms with Crippen molar-refractivity contribution >= 4 is 11.3 Å². The molecule has 2 heterocycles. The van der Waals surface area contributed by atoms with Gasteiger partial charge in [0.25, 0.3) is 0 Å². The number of thiophene rings is 1. The monoisotopic (exact) mass is 234 g/mol. The molecule has 0 aliphatic heterocycles. The predicted octanol–water partition coefficient (Wildman–Crippen LogP) is 3.05. The van der Waals surface area contributed by atoms with Gasteiger partial charge in [-0.2, -0.15) is 0 Å². The first kappa shape index (κ1) is 10.1. The first-order chi connectivity index (χ1) is 7.92. The van der Waals surface area contributed by atoms with Gasteiger partial charge in [-0.05, 0) is 24.3 Å². The van der Waals surface area contributed by atoms with Gasteiger partial charge in [0.05, 0.1) is 10.6 Å². The minimum atomic E-state index is 0.696. The predicted molar refractivity (Wildman–Crippen MR) is 64.3 cm³/mol. The largest absolute Gasteiger partial charge is 0.444 e. The lowest BCUT2D eigenvalue weighted by atomic mass is 9.93. The van der Waals surface area contributed by atoms with Crippen LogP contribution in [0.1, 0.15) is 25.0 Å². The fourth-order valence-corrected chi connectivity index (χ4v) is 2.42. The molecule has 0 saturated heterocycles. The van der Waals surface area contributed by atoms with Crippen LogP contribution >= 0.6 is 11.3 Å². The van der Waals surface area contributed by atoms with Crippen LogP contribution in [-0.2, 0) is 6.54 Å². The van der Waals surface area contributed by atoms with Gasteiger partial charge in [-0.3, -0.25) is 0 Å². The van der Waals surface area contributed by atoms with E-state index in [9.17, 15) is 0 Å². The Kier molecular flexibility index (Phi) is 2.76. The summed E-state index contributed by atoms with van der Waals surface area (Å²) in [5.41, 5.74) is 0.996. The zero-order valence-electron chi connectivity index (χ0n) is 8.98. The highest BCUT2D eigenvalue weighted by Gasteiger charge is 2.17. The van der Waals surface area contributed by atoms with Gasteiger partial charge >= 0.3 is 0 Å². The molecule has 1 N–H and O–H groups in total. The molecule has 0 amide bonds. The van der Waals surface area contributed by atoms with Crippen molar-refractivity contribution in [2.75, 3.05) is 0 Å². The normalized spacial score (nSPS) is 16.2. The Hall–Kier alpha value is -1.13. The Bertz CT molecular complexity index is 445. The van der Waals surface area contributed by atoms with Gasteiger partial charge in [0.2, 0.25) is 5.89 Å². The summed E-state index contributed by atoms with van der Waals surface area (Å²) in [6, 6.07) is 4.73. The van der Waals surface area contributed by atoms with Gasteiger partial charge in [0.15, 0.2) is 0 Å². The van der Waals surface area contributed by atoms with Crippen molar-refractivity contribution in [3.63, 3.8) is 0 Å². The van der Waals surface area contributed by atoms with E-state index in [-0.39, 0.29) is 0 Å². The summed E-state index contributed by atoms with van der Waals surface area (Å²) in [6.07, 6.45) is 5.71. The number of hydrogen-bond acceptors (Lipinski definition) is 4. The number of nitrogens with zero attached hydrogens (tertiary/aromatic N) is 1. The van der Waals surface area contributed by atoms with Crippen molar-refractivity contribution in [3.8, 4) is 10.8 Å². The highest BCUT2D eigenvalue weighted by molar-refractivity contribution is 7.13. The lowest BCUT2D eigenvalue weighted by molar-refractivity contribution is 0.337. The average Bonchev–Trinajstić information content (AvgIpc) is 2.84. The molecule has 0 radical (unpaired) electrons. The van der Waals surface area contributed by atoms with Gasteiger partial charge in [0.1, 0.15) is 6.26 Å². The molecule has 0 bridgehead atoms. The van der Waals surface area contributed by atoms with E-state index in [1.807, 2.05) is 17.5 Å². The lowest BCUT2D eigenvalue weighted by Crippen LogP contribution is -2.34. The van der Waals surface area contributed by atoms with Crippen LogP contribution in [0.5, 0.6) is 0 Å².